The lowest BCUT2D eigenvalue weighted by Gasteiger charge is -1.94. The zero-order valence-corrected chi connectivity index (χ0v) is 7.07. The number of hydrogen-bond acceptors (Lipinski definition) is 2. The molecule has 0 saturated heterocycles. The summed E-state index contributed by atoms with van der Waals surface area (Å²) >= 11 is 1.62. The minimum Gasteiger partial charge on any atom is -0.478 e. The summed E-state index contributed by atoms with van der Waals surface area (Å²) in [5.41, 5.74) is 0.509. The molecule has 3 heteroatoms. The van der Waals surface area contributed by atoms with Crippen LogP contribution in [-0.2, 0) is 4.79 Å². The third kappa shape index (κ3) is 3.56. The van der Waals surface area contributed by atoms with Crippen molar-refractivity contribution in [2.24, 2.45) is 0 Å². The first kappa shape index (κ1) is 9.56. The monoisotopic (exact) mass is 160 g/mol. The minimum atomic E-state index is -0.795. The van der Waals surface area contributed by atoms with Gasteiger partial charge in [-0.25, -0.2) is 4.79 Å². The van der Waals surface area contributed by atoms with Gasteiger partial charge in [0.05, 0.1) is 0 Å². The van der Waals surface area contributed by atoms with Gasteiger partial charge in [-0.15, -0.1) is 0 Å². The Hall–Kier alpha value is -0.440. The van der Waals surface area contributed by atoms with Crippen LogP contribution >= 0.6 is 11.8 Å². The molecule has 10 heavy (non-hydrogen) atoms. The predicted molar refractivity (Wildman–Crippen MR) is 44.4 cm³/mol. The average Bonchev–Trinajstić information content (AvgIpc) is 1.89. The van der Waals surface area contributed by atoms with Gasteiger partial charge in [-0.05, 0) is 12.7 Å². The van der Waals surface area contributed by atoms with Gasteiger partial charge in [0.1, 0.15) is 0 Å². The molecule has 58 valence electrons. The quantitative estimate of drug-likeness (QED) is 0.637. The Morgan fingerprint density at radius 3 is 2.60 bits per heavy atom. The fourth-order valence-corrected chi connectivity index (χ4v) is 0.935. The summed E-state index contributed by atoms with van der Waals surface area (Å²) in [6.45, 7) is 1.85. The highest BCUT2D eigenvalue weighted by Crippen LogP contribution is 2.02. The van der Waals surface area contributed by atoms with Crippen LogP contribution in [0.5, 0.6) is 0 Å². The first-order chi connectivity index (χ1) is 4.72. The molecular formula is C7H12O2S. The number of carbonyl (C=O) groups is 1. The van der Waals surface area contributed by atoms with Gasteiger partial charge < -0.3 is 5.11 Å². The van der Waals surface area contributed by atoms with Crippen molar-refractivity contribution in [3.63, 3.8) is 0 Å². The van der Waals surface area contributed by atoms with Gasteiger partial charge >= 0.3 is 5.97 Å². The summed E-state index contributed by atoms with van der Waals surface area (Å²) < 4.78 is 0. The third-order valence-electron chi connectivity index (χ3n) is 1.15. The first-order valence-electron chi connectivity index (χ1n) is 3.13. The maximum Gasteiger partial charge on any atom is 0.331 e. The van der Waals surface area contributed by atoms with Gasteiger partial charge in [-0.3, -0.25) is 0 Å². The second-order valence-electron chi connectivity index (χ2n) is 1.84. The summed E-state index contributed by atoms with van der Waals surface area (Å²) in [6.07, 6.45) is 4.31. The Kier molecular flexibility index (Phi) is 5.12. The highest BCUT2D eigenvalue weighted by Gasteiger charge is 2.01. The Morgan fingerprint density at radius 2 is 2.30 bits per heavy atom. The SMILES string of the molecule is CCC(=CCSC)C(=O)O. The second-order valence-corrected chi connectivity index (χ2v) is 2.75. The fourth-order valence-electron chi connectivity index (χ4n) is 0.567. The predicted octanol–water partition coefficient (Wildman–Crippen LogP) is 1.77. The van der Waals surface area contributed by atoms with E-state index in [1.54, 1.807) is 17.8 Å². The van der Waals surface area contributed by atoms with Crippen LogP contribution in [0.2, 0.25) is 0 Å². The topological polar surface area (TPSA) is 37.3 Å². The molecule has 0 radical (unpaired) electrons. The van der Waals surface area contributed by atoms with Crippen molar-refractivity contribution >= 4 is 17.7 Å². The van der Waals surface area contributed by atoms with Gasteiger partial charge in [0.25, 0.3) is 0 Å². The number of hydrogen-bond donors (Lipinski definition) is 1. The normalized spacial score (nSPS) is 11.6. The summed E-state index contributed by atoms with van der Waals surface area (Å²) in [5.74, 6) is -0.00769. The summed E-state index contributed by atoms with van der Waals surface area (Å²) in [6, 6.07) is 0. The molecule has 0 fully saturated rings. The van der Waals surface area contributed by atoms with Gasteiger partial charge in [0.15, 0.2) is 0 Å². The number of thioether (sulfide) groups is 1. The molecule has 0 aliphatic heterocycles. The van der Waals surface area contributed by atoms with Crippen molar-refractivity contribution in [3.05, 3.63) is 11.6 Å². The maximum atomic E-state index is 10.4. The van der Waals surface area contributed by atoms with Gasteiger partial charge in [-0.2, -0.15) is 11.8 Å². The van der Waals surface area contributed by atoms with E-state index in [0.29, 0.717) is 12.0 Å². The molecule has 0 amide bonds. The molecule has 0 unspecified atom stereocenters. The van der Waals surface area contributed by atoms with Gasteiger partial charge in [-0.1, -0.05) is 13.0 Å². The Balaban J connectivity index is 3.91. The fraction of sp³-hybridized carbons (Fsp3) is 0.571. The molecule has 0 spiro atoms. The summed E-state index contributed by atoms with van der Waals surface area (Å²) in [7, 11) is 0. The maximum absolute atomic E-state index is 10.4. The lowest BCUT2D eigenvalue weighted by atomic mass is 10.2. The Labute approximate surface area is 65.3 Å². The van der Waals surface area contributed by atoms with Crippen LogP contribution < -0.4 is 0 Å². The van der Waals surface area contributed by atoms with Crippen molar-refractivity contribution < 1.29 is 9.90 Å². The highest BCUT2D eigenvalue weighted by molar-refractivity contribution is 7.98. The number of rotatable bonds is 4. The molecule has 0 bridgehead atoms. The Morgan fingerprint density at radius 1 is 1.70 bits per heavy atom. The third-order valence-corrected chi connectivity index (χ3v) is 1.65. The van der Waals surface area contributed by atoms with E-state index in [4.69, 9.17) is 5.11 Å². The first-order valence-corrected chi connectivity index (χ1v) is 4.53. The zero-order valence-electron chi connectivity index (χ0n) is 6.26. The molecule has 0 aromatic rings. The molecule has 0 aromatic carbocycles. The summed E-state index contributed by atoms with van der Waals surface area (Å²) in [5, 5.41) is 8.52. The smallest absolute Gasteiger partial charge is 0.331 e. The molecule has 0 aromatic heterocycles. The van der Waals surface area contributed by atoms with Crippen LogP contribution in [-0.4, -0.2) is 23.1 Å². The van der Waals surface area contributed by atoms with Crippen LogP contribution in [0.4, 0.5) is 0 Å². The lowest BCUT2D eigenvalue weighted by molar-refractivity contribution is -0.132. The number of carboxylic acids is 1. The van der Waals surface area contributed by atoms with Gasteiger partial charge in [0.2, 0.25) is 0 Å². The standard InChI is InChI=1S/C7H12O2S/c1-3-6(7(8)9)4-5-10-2/h4H,3,5H2,1-2H3,(H,8,9). The lowest BCUT2D eigenvalue weighted by Crippen LogP contribution is -1.99. The molecule has 0 rings (SSSR count). The van der Waals surface area contributed by atoms with Crippen LogP contribution in [0.15, 0.2) is 11.6 Å². The van der Waals surface area contributed by atoms with Crippen molar-refractivity contribution in [2.75, 3.05) is 12.0 Å². The van der Waals surface area contributed by atoms with Crippen LogP contribution in [0.25, 0.3) is 0 Å². The van der Waals surface area contributed by atoms with E-state index in [1.165, 1.54) is 0 Å². The van der Waals surface area contributed by atoms with E-state index < -0.39 is 5.97 Å². The van der Waals surface area contributed by atoms with Crippen LogP contribution in [0.3, 0.4) is 0 Å². The molecule has 0 atom stereocenters. The zero-order chi connectivity index (χ0) is 7.98. The Bertz CT molecular complexity index is 141. The second kappa shape index (κ2) is 5.35. The number of aliphatic carboxylic acids is 1. The van der Waals surface area contributed by atoms with E-state index in [9.17, 15) is 4.79 Å². The van der Waals surface area contributed by atoms with Crippen LogP contribution in [0.1, 0.15) is 13.3 Å². The van der Waals surface area contributed by atoms with E-state index in [1.807, 2.05) is 13.2 Å². The van der Waals surface area contributed by atoms with E-state index in [0.717, 1.165) is 5.75 Å². The molecule has 0 aliphatic rings. The highest BCUT2D eigenvalue weighted by atomic mass is 32.2. The molecule has 0 aliphatic carbocycles. The van der Waals surface area contributed by atoms with Crippen molar-refractivity contribution in [2.45, 2.75) is 13.3 Å². The molecule has 1 N–H and O–H groups in total. The van der Waals surface area contributed by atoms with Crippen molar-refractivity contribution in [3.8, 4) is 0 Å². The van der Waals surface area contributed by atoms with Crippen molar-refractivity contribution in [1.82, 2.24) is 0 Å². The van der Waals surface area contributed by atoms with E-state index >= 15 is 0 Å². The number of carboxylic acid groups (broad SMARTS) is 1. The van der Waals surface area contributed by atoms with Gasteiger partial charge in [0, 0.05) is 11.3 Å². The summed E-state index contributed by atoms with van der Waals surface area (Å²) in [4.78, 5) is 10.4. The molecule has 2 nitrogen and oxygen atoms in total. The minimum absolute atomic E-state index is 0.509. The van der Waals surface area contributed by atoms with E-state index in [2.05, 4.69) is 0 Å². The average molecular weight is 160 g/mol. The van der Waals surface area contributed by atoms with Crippen LogP contribution in [0, 0.1) is 0 Å². The molecule has 0 saturated carbocycles. The molecular weight excluding hydrogens is 148 g/mol. The molecule has 0 heterocycles. The largest absolute Gasteiger partial charge is 0.478 e. The van der Waals surface area contributed by atoms with Crippen molar-refractivity contribution in [1.29, 1.82) is 0 Å². The van der Waals surface area contributed by atoms with E-state index in [-0.39, 0.29) is 0 Å².